The van der Waals surface area contributed by atoms with Crippen molar-refractivity contribution in [2.24, 2.45) is 16.7 Å². The van der Waals surface area contributed by atoms with Gasteiger partial charge >= 0.3 is 0 Å². The van der Waals surface area contributed by atoms with Crippen molar-refractivity contribution < 1.29 is 22.6 Å². The minimum Gasteiger partial charge on any atom is -0.747 e. The van der Waals surface area contributed by atoms with Gasteiger partial charge in [0.25, 0.3) is 0 Å². The zero-order valence-electron chi connectivity index (χ0n) is 16.7. The topological polar surface area (TPSA) is 91.3 Å². The second kappa shape index (κ2) is 7.45. The summed E-state index contributed by atoms with van der Waals surface area (Å²) >= 11 is 0. The fraction of sp³-hybridized carbons (Fsp3) is 0.900. The minimum absolute atomic E-state index is 0.294. The van der Waals surface area contributed by atoms with Crippen LogP contribution < -0.4 is 0 Å². The van der Waals surface area contributed by atoms with E-state index in [9.17, 15) is 22.6 Å². The molecule has 1 aliphatic heterocycles. The van der Waals surface area contributed by atoms with Crippen molar-refractivity contribution in [1.29, 1.82) is 0 Å². The van der Waals surface area contributed by atoms with Crippen molar-refractivity contribution in [3.8, 4) is 0 Å². The second-order valence-electron chi connectivity index (χ2n) is 9.33. The number of hydrogen-bond acceptors (Lipinski definition) is 5. The van der Waals surface area contributed by atoms with Gasteiger partial charge in [-0.15, -0.1) is 0 Å². The predicted molar refractivity (Wildman–Crippen MR) is 107 cm³/mol. The number of carbonyl (C=O) groups is 2. The van der Waals surface area contributed by atoms with Crippen LogP contribution in [0.1, 0.15) is 72.1 Å². The van der Waals surface area contributed by atoms with Gasteiger partial charge in [-0.1, -0.05) is 20.8 Å². The standard InChI is InChI=1S/C10H16O4S.C10H17OS/c1-9(2)6-4-5-10(9,3)8(11)7(6)15(12,13)14;11-9-5-1-2-6-10(9)12-7-3-4-8-12/h6-7H,4-5H2,1-3H3,(H,12,13,14);10H,1-8H2/q;+1/p-1. The molecule has 0 aromatic carbocycles. The van der Waals surface area contributed by atoms with Crippen molar-refractivity contribution in [2.75, 3.05) is 11.5 Å². The molecule has 0 aromatic rings. The maximum atomic E-state index is 12.0. The Labute approximate surface area is 166 Å². The first-order valence-electron chi connectivity index (χ1n) is 10.2. The van der Waals surface area contributed by atoms with E-state index in [0.717, 1.165) is 12.8 Å². The maximum absolute atomic E-state index is 12.0. The van der Waals surface area contributed by atoms with Crippen molar-refractivity contribution in [3.63, 3.8) is 0 Å². The summed E-state index contributed by atoms with van der Waals surface area (Å²) in [5, 5.41) is -0.799. The van der Waals surface area contributed by atoms with E-state index in [-0.39, 0.29) is 17.1 Å². The van der Waals surface area contributed by atoms with E-state index in [4.69, 9.17) is 0 Å². The normalized spacial score (nSPS) is 38.7. The fourth-order valence-electron chi connectivity index (χ4n) is 5.60. The summed E-state index contributed by atoms with van der Waals surface area (Å²) in [4.78, 5) is 23.6. The first kappa shape index (κ1) is 21.3. The van der Waals surface area contributed by atoms with Crippen LogP contribution in [-0.2, 0) is 30.6 Å². The van der Waals surface area contributed by atoms with Gasteiger partial charge in [0.15, 0.2) is 16.8 Å². The lowest BCUT2D eigenvalue weighted by Crippen LogP contribution is -2.38. The molecule has 5 nitrogen and oxygen atoms in total. The number of Topliss-reactive ketones (excluding diaryl/α,β-unsaturated/α-hetero) is 2. The zero-order chi connectivity index (χ0) is 20.0. The molecule has 154 valence electrons. The lowest BCUT2D eigenvalue weighted by Gasteiger charge is -2.32. The van der Waals surface area contributed by atoms with E-state index >= 15 is 0 Å². The Bertz CT molecular complexity index is 708. The molecule has 27 heavy (non-hydrogen) atoms. The van der Waals surface area contributed by atoms with Gasteiger partial charge in [-0.3, -0.25) is 9.59 Å². The molecule has 0 aromatic heterocycles. The Morgan fingerprint density at radius 1 is 1.00 bits per heavy atom. The SMILES string of the molecule is CC12CCC(C(S(=O)(=O)[O-])C1=O)C2(C)C.O=C1CCCCC1[S+]1CCCC1. The summed E-state index contributed by atoms with van der Waals surface area (Å²) in [6, 6.07) is 0. The van der Waals surface area contributed by atoms with E-state index < -0.39 is 20.8 Å². The van der Waals surface area contributed by atoms with Crippen molar-refractivity contribution in [3.05, 3.63) is 0 Å². The molecule has 4 aliphatic rings. The largest absolute Gasteiger partial charge is 0.747 e. The smallest absolute Gasteiger partial charge is 0.184 e. The number of ketones is 2. The van der Waals surface area contributed by atoms with Crippen LogP contribution in [0, 0.1) is 16.7 Å². The molecule has 4 atom stereocenters. The quantitative estimate of drug-likeness (QED) is 0.510. The van der Waals surface area contributed by atoms with Gasteiger partial charge in [0.1, 0.15) is 26.9 Å². The minimum atomic E-state index is -4.49. The molecule has 4 unspecified atom stereocenters. The summed E-state index contributed by atoms with van der Waals surface area (Å²) in [6.07, 6.45) is 8.69. The Morgan fingerprint density at radius 3 is 2.07 bits per heavy atom. The summed E-state index contributed by atoms with van der Waals surface area (Å²) < 4.78 is 33.3. The van der Waals surface area contributed by atoms with E-state index in [2.05, 4.69) is 0 Å². The molecule has 4 rings (SSSR count). The summed E-state index contributed by atoms with van der Waals surface area (Å²) in [5.74, 6) is 2.65. The third-order valence-electron chi connectivity index (χ3n) is 7.75. The third kappa shape index (κ3) is 3.64. The molecule has 2 bridgehead atoms. The van der Waals surface area contributed by atoms with Gasteiger partial charge in [-0.25, -0.2) is 8.42 Å². The number of fused-ring (bicyclic) bond motifs is 2. The molecule has 1 saturated heterocycles. The summed E-state index contributed by atoms with van der Waals surface area (Å²) in [6.45, 7) is 5.59. The molecule has 0 spiro atoms. The molecular weight excluding hydrogens is 384 g/mol. The lowest BCUT2D eigenvalue weighted by molar-refractivity contribution is -0.128. The van der Waals surface area contributed by atoms with E-state index in [1.165, 1.54) is 37.2 Å². The second-order valence-corrected chi connectivity index (χ2v) is 13.3. The molecule has 0 radical (unpaired) electrons. The third-order valence-corrected chi connectivity index (χ3v) is 11.8. The molecule has 7 heteroatoms. The highest BCUT2D eigenvalue weighted by Crippen LogP contribution is 2.64. The Kier molecular flexibility index (Phi) is 5.88. The van der Waals surface area contributed by atoms with Gasteiger partial charge in [0, 0.05) is 18.3 Å². The highest BCUT2D eigenvalue weighted by molar-refractivity contribution is 7.98. The molecule has 3 aliphatic carbocycles. The van der Waals surface area contributed by atoms with Gasteiger partial charge in [0.2, 0.25) is 0 Å². The Balaban J connectivity index is 0.000000159. The van der Waals surface area contributed by atoms with E-state index in [0.29, 0.717) is 34.8 Å². The Hall–Kier alpha value is -0.400. The molecule has 3 saturated carbocycles. The van der Waals surface area contributed by atoms with Gasteiger partial charge in [-0.2, -0.15) is 0 Å². The van der Waals surface area contributed by atoms with Crippen LogP contribution in [0.25, 0.3) is 0 Å². The van der Waals surface area contributed by atoms with Crippen LogP contribution in [-0.4, -0.2) is 46.5 Å². The van der Waals surface area contributed by atoms with Crippen LogP contribution in [0.3, 0.4) is 0 Å². The fourth-order valence-corrected chi connectivity index (χ4v) is 9.91. The number of carbonyl (C=O) groups excluding carboxylic acids is 2. The predicted octanol–water partition coefficient (Wildman–Crippen LogP) is 2.84. The molecule has 0 amide bonds. The van der Waals surface area contributed by atoms with Crippen LogP contribution in [0.2, 0.25) is 0 Å². The van der Waals surface area contributed by atoms with Crippen LogP contribution in [0.15, 0.2) is 0 Å². The van der Waals surface area contributed by atoms with Crippen molar-refractivity contribution in [2.45, 2.75) is 82.6 Å². The monoisotopic (exact) mass is 416 g/mol. The average Bonchev–Trinajstić information content (AvgIpc) is 3.21. The van der Waals surface area contributed by atoms with Gasteiger partial charge in [0.05, 0.1) is 0 Å². The van der Waals surface area contributed by atoms with Crippen molar-refractivity contribution >= 4 is 32.6 Å². The highest BCUT2D eigenvalue weighted by atomic mass is 32.2. The van der Waals surface area contributed by atoms with Gasteiger partial charge in [-0.05, 0) is 60.8 Å². The number of hydrogen-bond donors (Lipinski definition) is 0. The molecular formula is C20H32O5S2. The van der Waals surface area contributed by atoms with Crippen LogP contribution in [0.4, 0.5) is 0 Å². The van der Waals surface area contributed by atoms with Crippen molar-refractivity contribution in [1.82, 2.24) is 0 Å². The first-order valence-corrected chi connectivity index (χ1v) is 13.3. The number of rotatable bonds is 2. The Morgan fingerprint density at radius 2 is 1.63 bits per heavy atom. The molecule has 4 fully saturated rings. The first-order chi connectivity index (χ1) is 12.5. The van der Waals surface area contributed by atoms with Crippen LogP contribution in [0.5, 0.6) is 0 Å². The highest BCUT2D eigenvalue weighted by Gasteiger charge is 2.67. The molecule has 0 N–H and O–H groups in total. The average molecular weight is 417 g/mol. The maximum Gasteiger partial charge on any atom is 0.184 e. The van der Waals surface area contributed by atoms with Gasteiger partial charge < -0.3 is 4.55 Å². The van der Waals surface area contributed by atoms with E-state index in [1.54, 1.807) is 6.92 Å². The van der Waals surface area contributed by atoms with Crippen LogP contribution >= 0.6 is 0 Å². The summed E-state index contributed by atoms with van der Waals surface area (Å²) in [7, 11) is -3.98. The summed E-state index contributed by atoms with van der Waals surface area (Å²) in [5.41, 5.74) is -0.994. The lowest BCUT2D eigenvalue weighted by atomic mass is 9.70. The van der Waals surface area contributed by atoms with E-state index in [1.807, 2.05) is 13.8 Å². The zero-order valence-corrected chi connectivity index (χ0v) is 18.3. The molecule has 1 heterocycles.